The predicted molar refractivity (Wildman–Crippen MR) is 69.2 cm³/mol. The van der Waals surface area contributed by atoms with Gasteiger partial charge in [0.25, 0.3) is 0 Å². The van der Waals surface area contributed by atoms with Crippen molar-refractivity contribution in [3.05, 3.63) is 19.2 Å². The normalized spacial score (nSPS) is 13.1. The lowest BCUT2D eigenvalue weighted by Crippen LogP contribution is -2.15. The fraction of sp³-hybridized carbons (Fsp3) is 0.556. The van der Waals surface area contributed by atoms with Gasteiger partial charge in [-0.05, 0) is 44.3 Å². The Labute approximate surface area is 110 Å². The summed E-state index contributed by atoms with van der Waals surface area (Å²) < 4.78 is 7.63. The minimum Gasteiger partial charge on any atom is -0.396 e. The van der Waals surface area contributed by atoms with E-state index in [4.69, 9.17) is 15.6 Å². The van der Waals surface area contributed by atoms with Crippen LogP contribution in [0.5, 0.6) is 0 Å². The summed E-state index contributed by atoms with van der Waals surface area (Å²) in [5, 5.41) is 8.65. The Morgan fingerprint density at radius 1 is 1.53 bits per heavy atom. The molecule has 1 heterocycles. The molecule has 6 heteroatoms. The van der Waals surface area contributed by atoms with Gasteiger partial charge in [-0.25, -0.2) is 0 Å². The van der Waals surface area contributed by atoms with Crippen LogP contribution in [0.3, 0.4) is 0 Å². The van der Waals surface area contributed by atoms with E-state index in [1.807, 2.05) is 6.07 Å². The monoisotopic (exact) mass is 357 g/mol. The molecule has 0 aliphatic heterocycles. The molecule has 1 rings (SSSR count). The predicted octanol–water partition coefficient (Wildman–Crippen LogP) is 2.67. The van der Waals surface area contributed by atoms with Crippen LogP contribution in [0.15, 0.2) is 14.3 Å². The van der Waals surface area contributed by atoms with Crippen molar-refractivity contribution in [3.8, 4) is 0 Å². The molecule has 1 aromatic rings. The van der Waals surface area contributed by atoms with Gasteiger partial charge in [0.2, 0.25) is 0 Å². The number of hydrogen-bond donors (Lipinski definition) is 2. The maximum Gasteiger partial charge on any atom is 0.104 e. The van der Waals surface area contributed by atoms with Crippen molar-refractivity contribution < 1.29 is 9.84 Å². The highest BCUT2D eigenvalue weighted by molar-refractivity contribution is 9.13. The summed E-state index contributed by atoms with van der Waals surface area (Å²) >= 11 is 8.46. The Kier molecular flexibility index (Phi) is 6.33. The molecule has 0 saturated carbocycles. The molecule has 0 saturated heterocycles. The van der Waals surface area contributed by atoms with Gasteiger partial charge in [-0.1, -0.05) is 0 Å². The topological polar surface area (TPSA) is 55.5 Å². The van der Waals surface area contributed by atoms with E-state index >= 15 is 0 Å². The molecule has 15 heavy (non-hydrogen) atoms. The molecule has 0 radical (unpaired) electrons. The van der Waals surface area contributed by atoms with E-state index in [1.165, 1.54) is 0 Å². The Hall–Kier alpha value is 0.540. The zero-order valence-electron chi connectivity index (χ0n) is 8.08. The van der Waals surface area contributed by atoms with Gasteiger partial charge in [-0.2, -0.15) is 0 Å². The first-order chi connectivity index (χ1) is 7.19. The van der Waals surface area contributed by atoms with Crippen LogP contribution in [-0.4, -0.2) is 24.9 Å². The van der Waals surface area contributed by atoms with Crippen molar-refractivity contribution >= 4 is 43.2 Å². The third-order valence-electron chi connectivity index (χ3n) is 1.82. The summed E-state index contributed by atoms with van der Waals surface area (Å²) in [7, 11) is 0. The highest BCUT2D eigenvalue weighted by atomic mass is 79.9. The van der Waals surface area contributed by atoms with Crippen molar-refractivity contribution in [2.24, 2.45) is 5.73 Å². The minimum absolute atomic E-state index is 0.0795. The fourth-order valence-electron chi connectivity index (χ4n) is 1.08. The molecule has 0 aromatic carbocycles. The van der Waals surface area contributed by atoms with Crippen molar-refractivity contribution in [3.63, 3.8) is 0 Å². The van der Waals surface area contributed by atoms with Gasteiger partial charge in [0.15, 0.2) is 0 Å². The Morgan fingerprint density at radius 2 is 2.27 bits per heavy atom. The molecule has 3 N–H and O–H groups in total. The number of halogens is 2. The van der Waals surface area contributed by atoms with Crippen LogP contribution in [0.2, 0.25) is 0 Å². The number of rotatable bonds is 6. The Balaban J connectivity index is 2.57. The van der Waals surface area contributed by atoms with Crippen molar-refractivity contribution in [1.82, 2.24) is 0 Å². The van der Waals surface area contributed by atoms with E-state index in [0.29, 0.717) is 19.6 Å². The number of aliphatic hydroxyl groups is 1. The number of ether oxygens (including phenoxy) is 1. The summed E-state index contributed by atoms with van der Waals surface area (Å²) in [6, 6.07) is 2.01. The van der Waals surface area contributed by atoms with Crippen molar-refractivity contribution in [2.75, 3.05) is 19.8 Å². The van der Waals surface area contributed by atoms with Gasteiger partial charge >= 0.3 is 0 Å². The Morgan fingerprint density at radius 3 is 2.73 bits per heavy atom. The summed E-state index contributed by atoms with van der Waals surface area (Å²) in [4.78, 5) is 1.09. The lowest BCUT2D eigenvalue weighted by atomic mass is 10.3. The van der Waals surface area contributed by atoms with Gasteiger partial charge in [-0.15, -0.1) is 11.3 Å². The highest BCUT2D eigenvalue weighted by Crippen LogP contribution is 2.36. The number of aliphatic hydroxyl groups excluding tert-OH is 1. The number of hydrogen-bond acceptors (Lipinski definition) is 4. The molecule has 0 aliphatic carbocycles. The third-order valence-corrected chi connectivity index (χ3v) is 5.17. The summed E-state index contributed by atoms with van der Waals surface area (Å²) in [5.74, 6) is 0. The first-order valence-electron chi connectivity index (χ1n) is 4.56. The van der Waals surface area contributed by atoms with E-state index in [-0.39, 0.29) is 12.7 Å². The molecule has 0 bridgehead atoms. The highest BCUT2D eigenvalue weighted by Gasteiger charge is 2.14. The van der Waals surface area contributed by atoms with Crippen molar-refractivity contribution in [2.45, 2.75) is 12.5 Å². The zero-order chi connectivity index (χ0) is 11.3. The first kappa shape index (κ1) is 13.6. The molecule has 3 nitrogen and oxygen atoms in total. The summed E-state index contributed by atoms with van der Waals surface area (Å²) in [6.07, 6.45) is 0.564. The lowest BCUT2D eigenvalue weighted by molar-refractivity contribution is 0.0510. The fourth-order valence-corrected chi connectivity index (χ4v) is 3.23. The maximum absolute atomic E-state index is 8.65. The third kappa shape index (κ3) is 4.13. The van der Waals surface area contributed by atoms with E-state index in [1.54, 1.807) is 11.3 Å². The molecule has 0 fully saturated rings. The smallest absolute Gasteiger partial charge is 0.104 e. The minimum atomic E-state index is -0.0795. The van der Waals surface area contributed by atoms with E-state index in [9.17, 15) is 0 Å². The molecule has 0 spiro atoms. The summed E-state index contributed by atoms with van der Waals surface area (Å²) in [5.41, 5.74) is 5.63. The molecule has 1 unspecified atom stereocenters. The van der Waals surface area contributed by atoms with Gasteiger partial charge < -0.3 is 15.6 Å². The van der Waals surface area contributed by atoms with Crippen LogP contribution >= 0.6 is 43.2 Å². The van der Waals surface area contributed by atoms with Crippen LogP contribution < -0.4 is 5.73 Å². The second-order valence-corrected chi connectivity index (χ2v) is 6.20. The lowest BCUT2D eigenvalue weighted by Gasteiger charge is -2.13. The van der Waals surface area contributed by atoms with Gasteiger partial charge in [-0.3, -0.25) is 0 Å². The second kappa shape index (κ2) is 6.98. The van der Waals surface area contributed by atoms with Crippen LogP contribution in [0.4, 0.5) is 0 Å². The average molecular weight is 359 g/mol. The standard InChI is InChI=1S/C9H13Br2NO2S/c10-6-4-8(15-9(6)11)7(5-12)14-3-1-2-13/h4,7,13H,1-3,5,12H2. The van der Waals surface area contributed by atoms with Gasteiger partial charge in [0.05, 0.1) is 3.79 Å². The largest absolute Gasteiger partial charge is 0.396 e. The van der Waals surface area contributed by atoms with Gasteiger partial charge in [0.1, 0.15) is 6.10 Å². The van der Waals surface area contributed by atoms with E-state index in [2.05, 4.69) is 31.9 Å². The summed E-state index contributed by atoms with van der Waals surface area (Å²) in [6.45, 7) is 1.13. The van der Waals surface area contributed by atoms with Crippen LogP contribution in [-0.2, 0) is 4.74 Å². The quantitative estimate of drug-likeness (QED) is 0.768. The number of thiophene rings is 1. The molecule has 1 atom stereocenters. The second-order valence-electron chi connectivity index (χ2n) is 2.94. The van der Waals surface area contributed by atoms with Crippen LogP contribution in [0, 0.1) is 0 Å². The van der Waals surface area contributed by atoms with E-state index < -0.39 is 0 Å². The van der Waals surface area contributed by atoms with Crippen molar-refractivity contribution in [1.29, 1.82) is 0 Å². The van der Waals surface area contributed by atoms with Crippen LogP contribution in [0.25, 0.3) is 0 Å². The number of nitrogens with two attached hydrogens (primary N) is 1. The Bertz CT molecular complexity index is 287. The molecular weight excluding hydrogens is 346 g/mol. The maximum atomic E-state index is 8.65. The first-order valence-corrected chi connectivity index (χ1v) is 6.96. The average Bonchev–Trinajstić information content (AvgIpc) is 2.54. The van der Waals surface area contributed by atoms with Gasteiger partial charge in [0, 0.05) is 29.1 Å². The molecule has 0 amide bonds. The molecule has 0 aliphatic rings. The van der Waals surface area contributed by atoms with E-state index in [0.717, 1.165) is 13.1 Å². The zero-order valence-corrected chi connectivity index (χ0v) is 12.1. The van der Waals surface area contributed by atoms with Crippen LogP contribution in [0.1, 0.15) is 17.4 Å². The molecular formula is C9H13Br2NO2S. The molecule has 1 aromatic heterocycles. The SMILES string of the molecule is NCC(OCCCO)c1cc(Br)c(Br)s1. The molecule has 86 valence electrons.